The van der Waals surface area contributed by atoms with E-state index >= 15 is 0 Å². The van der Waals surface area contributed by atoms with Crippen LogP contribution in [0.5, 0.6) is 0 Å². The zero-order chi connectivity index (χ0) is 8.98. The highest BCUT2D eigenvalue weighted by atomic mass is 15.3. The SMILES string of the molecule is CC(C)(C)N1CC2(CC[C@H]2N)C1. The third-order valence-electron chi connectivity index (χ3n) is 3.70. The molecule has 1 spiro atoms. The van der Waals surface area contributed by atoms with E-state index in [1.807, 2.05) is 0 Å². The quantitative estimate of drug-likeness (QED) is 0.589. The van der Waals surface area contributed by atoms with Gasteiger partial charge in [-0.2, -0.15) is 0 Å². The fourth-order valence-corrected chi connectivity index (χ4v) is 2.30. The van der Waals surface area contributed by atoms with Gasteiger partial charge < -0.3 is 5.73 Å². The van der Waals surface area contributed by atoms with Crippen LogP contribution in [0.4, 0.5) is 0 Å². The van der Waals surface area contributed by atoms with Crippen molar-refractivity contribution >= 4 is 0 Å². The van der Waals surface area contributed by atoms with Gasteiger partial charge in [0.05, 0.1) is 0 Å². The van der Waals surface area contributed by atoms with Gasteiger partial charge in [0.15, 0.2) is 0 Å². The van der Waals surface area contributed by atoms with Crippen molar-refractivity contribution in [1.29, 1.82) is 0 Å². The molecule has 0 aromatic heterocycles. The average molecular weight is 168 g/mol. The van der Waals surface area contributed by atoms with Crippen molar-refractivity contribution in [2.45, 2.75) is 45.2 Å². The van der Waals surface area contributed by atoms with E-state index < -0.39 is 0 Å². The van der Waals surface area contributed by atoms with Crippen LogP contribution >= 0.6 is 0 Å². The lowest BCUT2D eigenvalue weighted by Crippen LogP contribution is -2.72. The van der Waals surface area contributed by atoms with E-state index in [9.17, 15) is 0 Å². The average Bonchev–Trinajstić information content (AvgIpc) is 1.78. The Hall–Kier alpha value is -0.0800. The summed E-state index contributed by atoms with van der Waals surface area (Å²) in [6.07, 6.45) is 2.61. The molecule has 2 fully saturated rings. The van der Waals surface area contributed by atoms with E-state index in [2.05, 4.69) is 25.7 Å². The summed E-state index contributed by atoms with van der Waals surface area (Å²) >= 11 is 0. The maximum atomic E-state index is 6.00. The van der Waals surface area contributed by atoms with Crippen LogP contribution < -0.4 is 5.73 Å². The summed E-state index contributed by atoms with van der Waals surface area (Å²) in [5, 5.41) is 0. The van der Waals surface area contributed by atoms with E-state index in [-0.39, 0.29) is 0 Å². The van der Waals surface area contributed by atoms with Crippen LogP contribution in [0, 0.1) is 5.41 Å². The van der Waals surface area contributed by atoms with Crippen LogP contribution in [0.2, 0.25) is 0 Å². The van der Waals surface area contributed by atoms with Crippen molar-refractivity contribution in [3.05, 3.63) is 0 Å². The molecule has 0 aromatic rings. The Morgan fingerprint density at radius 1 is 1.33 bits per heavy atom. The second-order valence-electron chi connectivity index (χ2n) is 5.53. The van der Waals surface area contributed by atoms with E-state index in [4.69, 9.17) is 5.73 Å². The normalized spacial score (nSPS) is 34.5. The van der Waals surface area contributed by atoms with Crippen molar-refractivity contribution in [1.82, 2.24) is 4.90 Å². The molecule has 70 valence electrons. The molecule has 0 aromatic carbocycles. The molecular weight excluding hydrogens is 148 g/mol. The predicted octanol–water partition coefficient (Wildman–Crippen LogP) is 1.21. The molecule has 2 nitrogen and oxygen atoms in total. The fourth-order valence-electron chi connectivity index (χ4n) is 2.30. The fraction of sp³-hybridized carbons (Fsp3) is 1.00. The summed E-state index contributed by atoms with van der Waals surface area (Å²) < 4.78 is 0. The van der Waals surface area contributed by atoms with Crippen LogP contribution in [0.25, 0.3) is 0 Å². The Kier molecular flexibility index (Phi) is 1.59. The topological polar surface area (TPSA) is 29.3 Å². The highest BCUT2D eigenvalue weighted by Crippen LogP contribution is 2.49. The minimum Gasteiger partial charge on any atom is -0.327 e. The van der Waals surface area contributed by atoms with Gasteiger partial charge in [-0.1, -0.05) is 0 Å². The molecule has 1 aliphatic carbocycles. The molecule has 1 atom stereocenters. The van der Waals surface area contributed by atoms with Gasteiger partial charge in [-0.05, 0) is 33.6 Å². The zero-order valence-corrected chi connectivity index (χ0v) is 8.43. The van der Waals surface area contributed by atoms with Gasteiger partial charge in [-0.25, -0.2) is 0 Å². The number of hydrogen-bond acceptors (Lipinski definition) is 2. The van der Waals surface area contributed by atoms with Gasteiger partial charge in [0, 0.05) is 30.1 Å². The molecule has 0 amide bonds. The second kappa shape index (κ2) is 2.24. The van der Waals surface area contributed by atoms with Gasteiger partial charge in [0.25, 0.3) is 0 Å². The monoisotopic (exact) mass is 168 g/mol. The predicted molar refractivity (Wildman–Crippen MR) is 51.0 cm³/mol. The van der Waals surface area contributed by atoms with Crippen molar-refractivity contribution in [2.24, 2.45) is 11.1 Å². The van der Waals surface area contributed by atoms with Crippen LogP contribution in [0.15, 0.2) is 0 Å². The number of rotatable bonds is 0. The van der Waals surface area contributed by atoms with Crippen LogP contribution in [0.3, 0.4) is 0 Å². The lowest BCUT2D eigenvalue weighted by Gasteiger charge is -2.63. The standard InChI is InChI=1S/C10H20N2/c1-9(2,3)12-6-10(7-12)5-4-8(10)11/h8H,4-7,11H2,1-3H3/t8-/m1/s1. The largest absolute Gasteiger partial charge is 0.327 e. The first kappa shape index (κ1) is 8.52. The summed E-state index contributed by atoms with van der Waals surface area (Å²) in [4.78, 5) is 2.53. The third-order valence-corrected chi connectivity index (χ3v) is 3.70. The van der Waals surface area contributed by atoms with Gasteiger partial charge in [0.1, 0.15) is 0 Å². The minimum absolute atomic E-state index is 0.348. The first-order chi connectivity index (χ1) is 5.44. The molecule has 2 rings (SSSR count). The summed E-state index contributed by atoms with van der Waals surface area (Å²) in [5.41, 5.74) is 6.88. The summed E-state index contributed by atoms with van der Waals surface area (Å²) in [5.74, 6) is 0. The summed E-state index contributed by atoms with van der Waals surface area (Å²) in [6, 6.07) is 0.496. The Bertz CT molecular complexity index is 187. The maximum absolute atomic E-state index is 6.00. The van der Waals surface area contributed by atoms with Crippen LogP contribution in [-0.2, 0) is 0 Å². The third kappa shape index (κ3) is 1.01. The minimum atomic E-state index is 0.348. The summed E-state index contributed by atoms with van der Waals surface area (Å²) in [6.45, 7) is 9.31. The first-order valence-electron chi connectivity index (χ1n) is 4.95. The molecule has 1 saturated carbocycles. The molecule has 12 heavy (non-hydrogen) atoms. The molecule has 0 bridgehead atoms. The Morgan fingerprint density at radius 2 is 1.92 bits per heavy atom. The molecule has 1 heterocycles. The molecule has 1 saturated heterocycles. The van der Waals surface area contributed by atoms with Crippen LogP contribution in [-0.4, -0.2) is 29.6 Å². The molecule has 0 radical (unpaired) electrons. The molecule has 2 heteroatoms. The zero-order valence-electron chi connectivity index (χ0n) is 8.43. The molecule has 2 N–H and O–H groups in total. The Labute approximate surface area is 75.1 Å². The smallest absolute Gasteiger partial charge is 0.0125 e. The van der Waals surface area contributed by atoms with Crippen molar-refractivity contribution in [3.8, 4) is 0 Å². The highest BCUT2D eigenvalue weighted by Gasteiger charge is 2.54. The van der Waals surface area contributed by atoms with Gasteiger partial charge in [-0.15, -0.1) is 0 Å². The molecule has 1 aliphatic heterocycles. The van der Waals surface area contributed by atoms with Crippen molar-refractivity contribution in [2.75, 3.05) is 13.1 Å². The number of nitrogens with zero attached hydrogens (tertiary/aromatic N) is 1. The highest BCUT2D eigenvalue weighted by molar-refractivity contribution is 5.10. The lowest BCUT2D eigenvalue weighted by molar-refractivity contribution is -0.117. The van der Waals surface area contributed by atoms with E-state index in [1.165, 1.54) is 25.9 Å². The lowest BCUT2D eigenvalue weighted by atomic mass is 9.59. The maximum Gasteiger partial charge on any atom is 0.0125 e. The summed E-state index contributed by atoms with van der Waals surface area (Å²) in [7, 11) is 0. The first-order valence-corrected chi connectivity index (χ1v) is 4.95. The Morgan fingerprint density at radius 3 is 2.17 bits per heavy atom. The number of hydrogen-bond donors (Lipinski definition) is 1. The Balaban J connectivity index is 1.91. The van der Waals surface area contributed by atoms with E-state index in [0.29, 0.717) is 17.0 Å². The molecule has 0 unspecified atom stereocenters. The molecule has 2 aliphatic rings. The molecular formula is C10H20N2. The van der Waals surface area contributed by atoms with Crippen molar-refractivity contribution < 1.29 is 0 Å². The van der Waals surface area contributed by atoms with Gasteiger partial charge >= 0.3 is 0 Å². The number of likely N-dealkylation sites (tertiary alicyclic amines) is 1. The van der Waals surface area contributed by atoms with Crippen LogP contribution in [0.1, 0.15) is 33.6 Å². The second-order valence-corrected chi connectivity index (χ2v) is 5.53. The van der Waals surface area contributed by atoms with E-state index in [0.717, 1.165) is 0 Å². The number of nitrogens with two attached hydrogens (primary N) is 1. The van der Waals surface area contributed by atoms with Gasteiger partial charge in [0.2, 0.25) is 0 Å². The van der Waals surface area contributed by atoms with Crippen molar-refractivity contribution in [3.63, 3.8) is 0 Å². The van der Waals surface area contributed by atoms with Gasteiger partial charge in [-0.3, -0.25) is 4.90 Å². The van der Waals surface area contributed by atoms with E-state index in [1.54, 1.807) is 0 Å².